The van der Waals surface area contributed by atoms with E-state index in [2.05, 4.69) is 15.5 Å². The lowest BCUT2D eigenvalue weighted by Crippen LogP contribution is -2.08. The fraction of sp³-hybridized carbons (Fsp3) is 0.154. The van der Waals surface area contributed by atoms with E-state index in [0.717, 1.165) is 18.2 Å². The number of hydrogen-bond donors (Lipinski definition) is 1. The molecule has 1 heterocycles. The van der Waals surface area contributed by atoms with Gasteiger partial charge in [-0.3, -0.25) is 10.1 Å². The first-order valence-corrected chi connectivity index (χ1v) is 7.11. The molecule has 0 aliphatic carbocycles. The Kier molecular flexibility index (Phi) is 4.82. The van der Waals surface area contributed by atoms with Crippen LogP contribution >= 0.6 is 22.9 Å². The number of nitrogens with zero attached hydrogens (tertiary/aromatic N) is 2. The van der Waals surface area contributed by atoms with Crippen LogP contribution in [0.3, 0.4) is 0 Å². The summed E-state index contributed by atoms with van der Waals surface area (Å²) in [5.74, 6) is -0.514. The number of anilines is 1. The van der Waals surface area contributed by atoms with E-state index in [-0.39, 0.29) is 5.56 Å². The minimum absolute atomic E-state index is 0.209. The number of benzene rings is 1. The van der Waals surface area contributed by atoms with Gasteiger partial charge in [-0.2, -0.15) is 13.2 Å². The summed E-state index contributed by atoms with van der Waals surface area (Å²) in [6, 6.07) is 3.40. The van der Waals surface area contributed by atoms with Gasteiger partial charge in [0, 0.05) is 6.08 Å². The molecule has 1 aromatic heterocycles. The first-order chi connectivity index (χ1) is 10.3. The van der Waals surface area contributed by atoms with E-state index in [4.69, 9.17) is 11.6 Å². The molecule has 0 unspecified atom stereocenters. The molecule has 2 aromatic rings. The van der Waals surface area contributed by atoms with Crippen molar-refractivity contribution in [3.63, 3.8) is 0 Å². The lowest BCUT2D eigenvalue weighted by atomic mass is 10.1. The molecule has 22 heavy (non-hydrogen) atoms. The molecule has 1 aromatic carbocycles. The highest BCUT2D eigenvalue weighted by Crippen LogP contribution is 2.35. The van der Waals surface area contributed by atoms with Gasteiger partial charge in [-0.1, -0.05) is 29.0 Å². The Labute approximate surface area is 132 Å². The maximum Gasteiger partial charge on any atom is 0.417 e. The monoisotopic (exact) mass is 347 g/mol. The molecule has 2 rings (SSSR count). The van der Waals surface area contributed by atoms with Crippen LogP contribution in [0.1, 0.15) is 16.1 Å². The highest BCUT2D eigenvalue weighted by atomic mass is 35.5. The summed E-state index contributed by atoms with van der Waals surface area (Å²) in [6.07, 6.45) is -2.18. The van der Waals surface area contributed by atoms with Gasteiger partial charge in [0.25, 0.3) is 0 Å². The second-order valence-corrected chi connectivity index (χ2v) is 5.77. The third kappa shape index (κ3) is 4.28. The molecule has 116 valence electrons. The Balaban J connectivity index is 2.11. The summed E-state index contributed by atoms with van der Waals surface area (Å²) >= 11 is 6.71. The zero-order chi connectivity index (χ0) is 16.3. The van der Waals surface area contributed by atoms with Crippen LogP contribution in [0.4, 0.5) is 18.3 Å². The minimum atomic E-state index is -4.55. The predicted molar refractivity (Wildman–Crippen MR) is 78.8 cm³/mol. The smallest absolute Gasteiger partial charge is 0.297 e. The fourth-order valence-electron chi connectivity index (χ4n) is 1.53. The molecule has 4 nitrogen and oxygen atoms in total. The Bertz CT molecular complexity index is 728. The van der Waals surface area contributed by atoms with Crippen LogP contribution in [0.2, 0.25) is 5.02 Å². The number of amides is 1. The molecule has 1 N–H and O–H groups in total. The van der Waals surface area contributed by atoms with E-state index in [9.17, 15) is 18.0 Å². The van der Waals surface area contributed by atoms with Crippen LogP contribution in [-0.2, 0) is 11.0 Å². The van der Waals surface area contributed by atoms with E-state index >= 15 is 0 Å². The van der Waals surface area contributed by atoms with Gasteiger partial charge in [0.15, 0.2) is 0 Å². The quantitative estimate of drug-likeness (QED) is 0.848. The van der Waals surface area contributed by atoms with E-state index in [1.54, 1.807) is 6.92 Å². The Morgan fingerprint density at radius 3 is 2.68 bits per heavy atom. The molecule has 0 aliphatic heterocycles. The normalized spacial score (nSPS) is 11.9. The number of halogens is 4. The lowest BCUT2D eigenvalue weighted by Gasteiger charge is -2.09. The molecule has 0 aliphatic rings. The number of carbonyl (C=O) groups excluding carboxylic acids is 1. The van der Waals surface area contributed by atoms with Crippen molar-refractivity contribution in [2.45, 2.75) is 13.1 Å². The maximum absolute atomic E-state index is 12.7. The van der Waals surface area contributed by atoms with Crippen LogP contribution in [0.15, 0.2) is 24.3 Å². The SMILES string of the molecule is Cc1nnc(NC(=O)/C=C/c2ccc(Cl)c(C(F)(F)F)c2)s1. The van der Waals surface area contributed by atoms with Gasteiger partial charge in [-0.05, 0) is 30.7 Å². The molecule has 0 fully saturated rings. The van der Waals surface area contributed by atoms with Gasteiger partial charge in [0.05, 0.1) is 10.6 Å². The molecule has 0 saturated heterocycles. The van der Waals surface area contributed by atoms with E-state index < -0.39 is 22.7 Å². The number of aromatic nitrogens is 2. The number of hydrogen-bond acceptors (Lipinski definition) is 4. The average Bonchev–Trinajstić information content (AvgIpc) is 2.82. The average molecular weight is 348 g/mol. The number of nitrogens with one attached hydrogen (secondary N) is 1. The van der Waals surface area contributed by atoms with Crippen molar-refractivity contribution < 1.29 is 18.0 Å². The van der Waals surface area contributed by atoms with Crippen molar-refractivity contribution in [2.75, 3.05) is 5.32 Å². The van der Waals surface area contributed by atoms with Crippen molar-refractivity contribution in [1.82, 2.24) is 10.2 Å². The zero-order valence-corrected chi connectivity index (χ0v) is 12.7. The second-order valence-electron chi connectivity index (χ2n) is 4.19. The molecular formula is C13H9ClF3N3OS. The minimum Gasteiger partial charge on any atom is -0.297 e. The van der Waals surface area contributed by atoms with Crippen molar-refractivity contribution in [1.29, 1.82) is 0 Å². The highest BCUT2D eigenvalue weighted by molar-refractivity contribution is 7.15. The van der Waals surface area contributed by atoms with Crippen molar-refractivity contribution >= 4 is 40.1 Å². The lowest BCUT2D eigenvalue weighted by molar-refractivity contribution is -0.137. The van der Waals surface area contributed by atoms with Crippen LogP contribution in [0.25, 0.3) is 6.08 Å². The first-order valence-electron chi connectivity index (χ1n) is 5.91. The first kappa shape index (κ1) is 16.4. The van der Waals surface area contributed by atoms with Crippen LogP contribution in [-0.4, -0.2) is 16.1 Å². The van der Waals surface area contributed by atoms with Crippen LogP contribution in [0.5, 0.6) is 0 Å². The number of aryl methyl sites for hydroxylation is 1. The van der Waals surface area contributed by atoms with E-state index in [1.807, 2.05) is 0 Å². The summed E-state index contributed by atoms with van der Waals surface area (Å²) in [6.45, 7) is 1.73. The topological polar surface area (TPSA) is 54.9 Å². The van der Waals surface area contributed by atoms with Crippen molar-refractivity contribution in [3.8, 4) is 0 Å². The van der Waals surface area contributed by atoms with E-state index in [1.165, 1.54) is 23.5 Å². The Morgan fingerprint density at radius 1 is 1.36 bits per heavy atom. The predicted octanol–water partition coefficient (Wildman–Crippen LogP) is 4.17. The zero-order valence-electron chi connectivity index (χ0n) is 11.1. The second kappa shape index (κ2) is 6.45. The summed E-state index contributed by atoms with van der Waals surface area (Å²) in [7, 11) is 0. The summed E-state index contributed by atoms with van der Waals surface area (Å²) in [5.41, 5.74) is -0.739. The Hall–Kier alpha value is -1.93. The van der Waals surface area contributed by atoms with Crippen molar-refractivity contribution in [2.24, 2.45) is 0 Å². The maximum atomic E-state index is 12.7. The van der Waals surface area contributed by atoms with Gasteiger partial charge >= 0.3 is 6.18 Å². The van der Waals surface area contributed by atoms with Gasteiger partial charge in [0.2, 0.25) is 11.0 Å². The standard InChI is InChI=1S/C13H9ClF3N3OS/c1-7-19-20-12(22-7)18-11(21)5-3-8-2-4-10(14)9(6-8)13(15,16)17/h2-6H,1H3,(H,18,20,21)/b5-3+. The van der Waals surface area contributed by atoms with Crippen molar-refractivity contribution in [3.05, 3.63) is 45.4 Å². The highest BCUT2D eigenvalue weighted by Gasteiger charge is 2.33. The fourth-order valence-corrected chi connectivity index (χ4v) is 2.35. The summed E-state index contributed by atoms with van der Waals surface area (Å²) in [5, 5.41) is 10.5. The summed E-state index contributed by atoms with van der Waals surface area (Å²) in [4.78, 5) is 11.6. The third-order valence-corrected chi connectivity index (χ3v) is 3.56. The molecule has 0 radical (unpaired) electrons. The number of alkyl halides is 3. The van der Waals surface area contributed by atoms with Crippen LogP contribution < -0.4 is 5.32 Å². The van der Waals surface area contributed by atoms with Crippen LogP contribution in [0, 0.1) is 6.92 Å². The van der Waals surface area contributed by atoms with Gasteiger partial charge in [0.1, 0.15) is 5.01 Å². The van der Waals surface area contributed by atoms with Gasteiger partial charge in [-0.25, -0.2) is 0 Å². The summed E-state index contributed by atoms with van der Waals surface area (Å²) < 4.78 is 38.1. The molecule has 1 amide bonds. The number of carbonyl (C=O) groups is 1. The molecule has 0 spiro atoms. The number of rotatable bonds is 3. The molecule has 0 saturated carbocycles. The Morgan fingerprint density at radius 2 is 2.09 bits per heavy atom. The largest absolute Gasteiger partial charge is 0.417 e. The van der Waals surface area contributed by atoms with Gasteiger partial charge in [-0.15, -0.1) is 10.2 Å². The molecular weight excluding hydrogens is 339 g/mol. The van der Waals surface area contributed by atoms with Gasteiger partial charge < -0.3 is 0 Å². The molecule has 9 heteroatoms. The van der Waals surface area contributed by atoms with E-state index in [0.29, 0.717) is 10.1 Å². The molecule has 0 bridgehead atoms. The molecule has 0 atom stereocenters. The third-order valence-electron chi connectivity index (χ3n) is 2.48.